The van der Waals surface area contributed by atoms with E-state index >= 15 is 0 Å². The van der Waals surface area contributed by atoms with Crippen molar-refractivity contribution in [2.24, 2.45) is 0 Å². The number of rotatable bonds is 5. The summed E-state index contributed by atoms with van der Waals surface area (Å²) in [6.45, 7) is 3.87. The first-order valence-electron chi connectivity index (χ1n) is 6.00. The molecule has 1 aromatic rings. The van der Waals surface area contributed by atoms with Crippen LogP contribution in [0.2, 0.25) is 0 Å². The average molecular weight is 322 g/mol. The van der Waals surface area contributed by atoms with Crippen molar-refractivity contribution in [3.8, 4) is 6.07 Å². The maximum absolute atomic E-state index is 11.8. The molecule has 0 aliphatic rings. The lowest BCUT2D eigenvalue weighted by Gasteiger charge is -2.10. The van der Waals surface area contributed by atoms with Crippen molar-refractivity contribution >= 4 is 27.5 Å². The van der Waals surface area contributed by atoms with Crippen LogP contribution in [0, 0.1) is 11.3 Å². The van der Waals surface area contributed by atoms with E-state index < -0.39 is 0 Å². The maximum Gasteiger partial charge on any atom is 0.263 e. The Morgan fingerprint density at radius 3 is 2.63 bits per heavy atom. The van der Waals surface area contributed by atoms with Gasteiger partial charge in [0.25, 0.3) is 5.91 Å². The Balaban J connectivity index is 2.69. The van der Waals surface area contributed by atoms with Gasteiger partial charge in [-0.2, -0.15) is 5.26 Å². The van der Waals surface area contributed by atoms with Gasteiger partial charge in [0.05, 0.1) is 0 Å². The molecule has 1 amide bonds. The Kier molecular flexibility index (Phi) is 6.10. The topological polar surface area (TPSA) is 64.9 Å². The molecular weight excluding hydrogens is 306 g/mol. The lowest BCUT2D eigenvalue weighted by atomic mass is 10.2. The van der Waals surface area contributed by atoms with E-state index in [1.54, 1.807) is 0 Å². The third-order valence-electron chi connectivity index (χ3n) is 2.58. The minimum absolute atomic E-state index is 0.0527. The lowest BCUT2D eigenvalue weighted by Crippen LogP contribution is -2.33. The summed E-state index contributed by atoms with van der Waals surface area (Å²) in [5.74, 6) is -0.360. The van der Waals surface area contributed by atoms with Gasteiger partial charge in [0.1, 0.15) is 11.6 Å². The highest BCUT2D eigenvalue weighted by Gasteiger charge is 2.10. The summed E-state index contributed by atoms with van der Waals surface area (Å²) < 4.78 is 0.969. The molecule has 0 spiro atoms. The third kappa shape index (κ3) is 5.14. The summed E-state index contributed by atoms with van der Waals surface area (Å²) in [5.41, 5.74) is 0.871. The van der Waals surface area contributed by atoms with Crippen molar-refractivity contribution in [3.63, 3.8) is 0 Å². The number of nitrogens with one attached hydrogen (secondary N) is 2. The molecule has 5 heteroatoms. The van der Waals surface area contributed by atoms with Gasteiger partial charge >= 0.3 is 0 Å². The smallest absolute Gasteiger partial charge is 0.263 e. The van der Waals surface area contributed by atoms with E-state index in [0.29, 0.717) is 0 Å². The Morgan fingerprint density at radius 2 is 2.11 bits per heavy atom. The van der Waals surface area contributed by atoms with Crippen LogP contribution in [0.1, 0.15) is 20.3 Å². The molecule has 4 nitrogen and oxygen atoms in total. The van der Waals surface area contributed by atoms with Crippen molar-refractivity contribution in [1.29, 1.82) is 5.26 Å². The van der Waals surface area contributed by atoms with E-state index in [9.17, 15) is 4.79 Å². The largest absolute Gasteiger partial charge is 0.360 e. The summed E-state index contributed by atoms with van der Waals surface area (Å²) in [6, 6.07) is 9.39. The van der Waals surface area contributed by atoms with Crippen LogP contribution < -0.4 is 10.6 Å². The quantitative estimate of drug-likeness (QED) is 0.646. The second-order valence-electron chi connectivity index (χ2n) is 4.10. The first-order chi connectivity index (χ1) is 9.06. The molecule has 100 valence electrons. The first kappa shape index (κ1) is 15.3. The molecule has 1 unspecified atom stereocenters. The van der Waals surface area contributed by atoms with Gasteiger partial charge in [-0.05, 0) is 37.6 Å². The molecule has 0 aromatic heterocycles. The van der Waals surface area contributed by atoms with Crippen LogP contribution in [-0.4, -0.2) is 11.9 Å². The predicted octanol–water partition coefficient (Wildman–Crippen LogP) is 3.18. The molecule has 0 saturated carbocycles. The zero-order valence-corrected chi connectivity index (χ0v) is 12.5. The molecule has 0 radical (unpaired) electrons. The minimum Gasteiger partial charge on any atom is -0.360 e. The standard InChI is InChI=1S/C14H16BrN3O/c1-3-10(2)18-14(19)11(8-16)9-17-13-6-4-12(15)5-7-13/h4-7,9-10,17H,3H2,1-2H3,(H,18,19)/b11-9-. The van der Waals surface area contributed by atoms with E-state index in [-0.39, 0.29) is 17.5 Å². The van der Waals surface area contributed by atoms with Crippen LogP contribution in [0.25, 0.3) is 0 Å². The number of carbonyl (C=O) groups is 1. The Bertz CT molecular complexity index is 502. The number of nitrogens with zero attached hydrogens (tertiary/aromatic N) is 1. The fourth-order valence-electron chi connectivity index (χ4n) is 1.25. The van der Waals surface area contributed by atoms with Crippen molar-refractivity contribution in [2.45, 2.75) is 26.3 Å². The van der Waals surface area contributed by atoms with Crippen LogP contribution in [0.5, 0.6) is 0 Å². The van der Waals surface area contributed by atoms with Gasteiger partial charge in [-0.25, -0.2) is 0 Å². The molecule has 0 aliphatic carbocycles. The summed E-state index contributed by atoms with van der Waals surface area (Å²) >= 11 is 3.34. The van der Waals surface area contributed by atoms with Crippen LogP contribution in [-0.2, 0) is 4.79 Å². The van der Waals surface area contributed by atoms with Crippen LogP contribution in [0.4, 0.5) is 5.69 Å². The number of halogens is 1. The highest BCUT2D eigenvalue weighted by atomic mass is 79.9. The zero-order valence-electron chi connectivity index (χ0n) is 10.9. The normalized spacial score (nSPS) is 12.4. The summed E-state index contributed by atoms with van der Waals surface area (Å²) in [6.07, 6.45) is 2.24. The van der Waals surface area contributed by atoms with E-state index in [0.717, 1.165) is 16.6 Å². The third-order valence-corrected chi connectivity index (χ3v) is 3.11. The molecule has 0 bridgehead atoms. The fraction of sp³-hybridized carbons (Fsp3) is 0.286. The summed E-state index contributed by atoms with van der Waals surface area (Å²) in [7, 11) is 0. The summed E-state index contributed by atoms with van der Waals surface area (Å²) in [4.78, 5) is 11.8. The number of amides is 1. The van der Waals surface area contributed by atoms with E-state index in [1.807, 2.05) is 44.2 Å². The van der Waals surface area contributed by atoms with E-state index in [1.165, 1.54) is 6.20 Å². The summed E-state index contributed by atoms with van der Waals surface area (Å²) in [5, 5.41) is 14.7. The number of anilines is 1. The van der Waals surface area contributed by atoms with Crippen molar-refractivity contribution in [1.82, 2.24) is 5.32 Å². The predicted molar refractivity (Wildman–Crippen MR) is 79.4 cm³/mol. The molecule has 1 rings (SSSR count). The molecule has 1 aromatic carbocycles. The highest BCUT2D eigenvalue weighted by Crippen LogP contribution is 2.14. The average Bonchev–Trinajstić information content (AvgIpc) is 2.41. The van der Waals surface area contributed by atoms with Gasteiger partial charge in [0.15, 0.2) is 0 Å². The van der Waals surface area contributed by atoms with Crippen LogP contribution in [0.3, 0.4) is 0 Å². The second kappa shape index (κ2) is 7.59. The number of hydrogen-bond acceptors (Lipinski definition) is 3. The van der Waals surface area contributed by atoms with Gasteiger partial charge in [-0.1, -0.05) is 22.9 Å². The van der Waals surface area contributed by atoms with E-state index in [2.05, 4.69) is 26.6 Å². The Morgan fingerprint density at radius 1 is 1.47 bits per heavy atom. The zero-order chi connectivity index (χ0) is 14.3. The molecule has 19 heavy (non-hydrogen) atoms. The van der Waals surface area contributed by atoms with Crippen LogP contribution >= 0.6 is 15.9 Å². The number of hydrogen-bond donors (Lipinski definition) is 2. The fourth-order valence-corrected chi connectivity index (χ4v) is 1.52. The number of nitriles is 1. The van der Waals surface area contributed by atoms with Gasteiger partial charge < -0.3 is 10.6 Å². The highest BCUT2D eigenvalue weighted by molar-refractivity contribution is 9.10. The monoisotopic (exact) mass is 321 g/mol. The SMILES string of the molecule is CCC(C)NC(=O)/C(C#N)=C\Nc1ccc(Br)cc1. The molecular formula is C14H16BrN3O. The minimum atomic E-state index is -0.360. The molecule has 0 heterocycles. The van der Waals surface area contributed by atoms with Gasteiger partial charge in [-0.15, -0.1) is 0 Å². The molecule has 2 N–H and O–H groups in total. The molecule has 0 saturated heterocycles. The lowest BCUT2D eigenvalue weighted by molar-refractivity contribution is -0.117. The number of carbonyl (C=O) groups excluding carboxylic acids is 1. The second-order valence-corrected chi connectivity index (χ2v) is 5.02. The van der Waals surface area contributed by atoms with Gasteiger partial charge in [0.2, 0.25) is 0 Å². The first-order valence-corrected chi connectivity index (χ1v) is 6.79. The molecule has 0 aliphatic heterocycles. The maximum atomic E-state index is 11.8. The van der Waals surface area contributed by atoms with Gasteiger partial charge in [-0.3, -0.25) is 4.79 Å². The van der Waals surface area contributed by atoms with Crippen LogP contribution in [0.15, 0.2) is 40.5 Å². The van der Waals surface area contributed by atoms with Crippen molar-refractivity contribution < 1.29 is 4.79 Å². The Hall–Kier alpha value is -1.80. The Labute approximate surface area is 121 Å². The molecule has 1 atom stereocenters. The van der Waals surface area contributed by atoms with Crippen molar-refractivity contribution in [2.75, 3.05) is 5.32 Å². The van der Waals surface area contributed by atoms with Gasteiger partial charge in [0, 0.05) is 22.4 Å². The molecule has 0 fully saturated rings. The van der Waals surface area contributed by atoms with Crippen molar-refractivity contribution in [3.05, 3.63) is 40.5 Å². The van der Waals surface area contributed by atoms with E-state index in [4.69, 9.17) is 5.26 Å². The number of benzene rings is 1.